The number of hydrogen-bond acceptors (Lipinski definition) is 6. The number of nitrogens with zero attached hydrogens (tertiary/aromatic N) is 2. The Morgan fingerprint density at radius 1 is 1.25 bits per heavy atom. The Bertz CT molecular complexity index is 752. The van der Waals surface area contributed by atoms with E-state index in [4.69, 9.17) is 4.55 Å². The minimum absolute atomic E-state index is 0. The molecule has 0 radical (unpaired) electrons. The van der Waals surface area contributed by atoms with Crippen molar-refractivity contribution in [1.82, 2.24) is 9.97 Å². The molecule has 0 unspecified atom stereocenters. The Hall–Kier alpha value is -0.640. The van der Waals surface area contributed by atoms with Crippen molar-refractivity contribution >= 4 is 62.9 Å². The average molecular weight is 319 g/mol. The Kier molecular flexibility index (Phi) is 4.73. The fourth-order valence-corrected chi connectivity index (χ4v) is 3.26. The molecule has 1 aliphatic heterocycles. The molecule has 2 aromatic rings. The molecule has 2 N–H and O–H groups in total. The molecule has 0 bridgehead atoms. The van der Waals surface area contributed by atoms with E-state index < -0.39 is 15.9 Å². The zero-order chi connectivity index (χ0) is 13.5. The van der Waals surface area contributed by atoms with Crippen molar-refractivity contribution in [2.75, 3.05) is 5.32 Å². The van der Waals surface area contributed by atoms with Crippen molar-refractivity contribution in [1.29, 1.82) is 0 Å². The monoisotopic (exact) mass is 319 g/mol. The van der Waals surface area contributed by atoms with Crippen LogP contribution in [0.1, 0.15) is 5.56 Å². The molecule has 0 amide bonds. The van der Waals surface area contributed by atoms with Crippen LogP contribution in [0.4, 0.5) is 11.5 Å². The summed E-state index contributed by atoms with van der Waals surface area (Å²) in [5.41, 5.74) is 1.28. The predicted molar refractivity (Wildman–Crippen MR) is 78.3 cm³/mol. The predicted octanol–water partition coefficient (Wildman–Crippen LogP) is 1.42. The maximum absolute atomic E-state index is 10.9. The molecule has 0 fully saturated rings. The van der Waals surface area contributed by atoms with Gasteiger partial charge in [0.05, 0.1) is 5.69 Å². The summed E-state index contributed by atoms with van der Waals surface area (Å²) in [5, 5.41) is 3.87. The maximum atomic E-state index is 10.9. The SMILES string of the molecule is O=S(=O)(O)Cc1ccc2c(c1)Nc1nccnc1S2.[NaH]. The summed E-state index contributed by atoms with van der Waals surface area (Å²) in [6.45, 7) is 0. The van der Waals surface area contributed by atoms with Crippen LogP contribution >= 0.6 is 11.8 Å². The summed E-state index contributed by atoms with van der Waals surface area (Å²) in [6.07, 6.45) is 3.20. The van der Waals surface area contributed by atoms with Gasteiger partial charge in [-0.05, 0) is 17.7 Å². The topological polar surface area (TPSA) is 92.2 Å². The van der Waals surface area contributed by atoms with E-state index in [1.54, 1.807) is 30.6 Å². The number of fused-ring (bicyclic) bond motifs is 2. The van der Waals surface area contributed by atoms with Gasteiger partial charge in [-0.3, -0.25) is 4.55 Å². The van der Waals surface area contributed by atoms with Gasteiger partial charge in [-0.2, -0.15) is 8.42 Å². The van der Waals surface area contributed by atoms with Crippen LogP contribution in [0.15, 0.2) is 40.5 Å². The third-order valence-corrected chi connectivity index (χ3v) is 4.28. The first-order chi connectivity index (χ1) is 9.01. The third-order valence-electron chi connectivity index (χ3n) is 2.52. The van der Waals surface area contributed by atoms with E-state index in [0.717, 1.165) is 15.6 Å². The summed E-state index contributed by atoms with van der Waals surface area (Å²) < 4.78 is 30.6. The molecular formula is C11H10N3NaO3S2. The fourth-order valence-electron chi connectivity index (χ4n) is 1.78. The van der Waals surface area contributed by atoms with Gasteiger partial charge in [0.15, 0.2) is 5.82 Å². The fraction of sp³-hybridized carbons (Fsp3) is 0.0909. The van der Waals surface area contributed by atoms with Crippen molar-refractivity contribution in [2.24, 2.45) is 0 Å². The molecule has 0 spiro atoms. The van der Waals surface area contributed by atoms with Crippen LogP contribution < -0.4 is 5.32 Å². The number of nitrogens with one attached hydrogen (secondary N) is 1. The quantitative estimate of drug-likeness (QED) is 0.545. The second-order valence-electron chi connectivity index (χ2n) is 3.99. The first-order valence-electron chi connectivity index (χ1n) is 5.35. The molecule has 0 aliphatic carbocycles. The van der Waals surface area contributed by atoms with Gasteiger partial charge >= 0.3 is 29.6 Å². The summed E-state index contributed by atoms with van der Waals surface area (Å²) in [6, 6.07) is 5.15. The van der Waals surface area contributed by atoms with Gasteiger partial charge in [0, 0.05) is 17.3 Å². The molecule has 100 valence electrons. The number of benzene rings is 1. The molecule has 1 aliphatic rings. The molecule has 0 atom stereocenters. The zero-order valence-corrected chi connectivity index (χ0v) is 11.2. The van der Waals surface area contributed by atoms with Crippen LogP contribution in [0.3, 0.4) is 0 Å². The van der Waals surface area contributed by atoms with Gasteiger partial charge in [0.25, 0.3) is 10.1 Å². The van der Waals surface area contributed by atoms with E-state index in [0.29, 0.717) is 11.4 Å². The van der Waals surface area contributed by atoms with Gasteiger partial charge in [0.1, 0.15) is 10.8 Å². The second-order valence-corrected chi connectivity index (χ2v) is 6.48. The first-order valence-corrected chi connectivity index (χ1v) is 7.78. The molecule has 6 nitrogen and oxygen atoms in total. The van der Waals surface area contributed by atoms with Crippen molar-refractivity contribution in [3.8, 4) is 0 Å². The van der Waals surface area contributed by atoms with Crippen LogP contribution in [-0.2, 0) is 15.9 Å². The molecule has 2 heterocycles. The Balaban J connectivity index is 0.00000147. The Labute approximate surface area is 142 Å². The average Bonchev–Trinajstić information content (AvgIpc) is 2.34. The third kappa shape index (κ3) is 3.51. The molecule has 20 heavy (non-hydrogen) atoms. The first kappa shape index (κ1) is 15.7. The van der Waals surface area contributed by atoms with E-state index in [1.165, 1.54) is 11.8 Å². The number of rotatable bonds is 2. The number of aromatic nitrogens is 2. The van der Waals surface area contributed by atoms with Crippen molar-refractivity contribution < 1.29 is 13.0 Å². The van der Waals surface area contributed by atoms with E-state index in [-0.39, 0.29) is 29.6 Å². The van der Waals surface area contributed by atoms with Crippen LogP contribution in [0, 0.1) is 0 Å². The van der Waals surface area contributed by atoms with Crippen molar-refractivity contribution in [2.45, 2.75) is 15.7 Å². The summed E-state index contributed by atoms with van der Waals surface area (Å²) in [7, 11) is -4.03. The van der Waals surface area contributed by atoms with Crippen molar-refractivity contribution in [3.05, 3.63) is 36.2 Å². The Morgan fingerprint density at radius 2 is 2.00 bits per heavy atom. The van der Waals surface area contributed by atoms with Crippen LogP contribution in [-0.4, -0.2) is 52.5 Å². The minimum atomic E-state index is -4.03. The van der Waals surface area contributed by atoms with Crippen LogP contribution in [0.2, 0.25) is 0 Å². The zero-order valence-electron chi connectivity index (χ0n) is 9.57. The van der Waals surface area contributed by atoms with Gasteiger partial charge in [-0.15, -0.1) is 0 Å². The van der Waals surface area contributed by atoms with E-state index in [1.807, 2.05) is 0 Å². The molecule has 1 aromatic heterocycles. The summed E-state index contributed by atoms with van der Waals surface area (Å²) in [5.74, 6) is 0.240. The van der Waals surface area contributed by atoms with Crippen LogP contribution in [0.5, 0.6) is 0 Å². The van der Waals surface area contributed by atoms with Crippen LogP contribution in [0.25, 0.3) is 0 Å². The van der Waals surface area contributed by atoms with Gasteiger partial charge in [-0.1, -0.05) is 17.8 Å². The number of hydrogen-bond donors (Lipinski definition) is 2. The molecule has 9 heteroatoms. The van der Waals surface area contributed by atoms with Gasteiger partial charge in [-0.25, -0.2) is 9.97 Å². The molecule has 3 rings (SSSR count). The molecule has 0 saturated carbocycles. The molecule has 1 aromatic carbocycles. The summed E-state index contributed by atoms with van der Waals surface area (Å²) in [4.78, 5) is 9.30. The summed E-state index contributed by atoms with van der Waals surface area (Å²) >= 11 is 1.46. The molecule has 0 saturated heterocycles. The standard InChI is InChI=1S/C11H9N3O3S2.Na.H/c15-19(16,17)6-7-1-2-9-8(5-7)14-10-11(18-9)13-4-3-12-10;;/h1-5H,6H2,(H,12,14)(H,15,16,17);;. The van der Waals surface area contributed by atoms with E-state index >= 15 is 0 Å². The Morgan fingerprint density at radius 3 is 2.75 bits per heavy atom. The van der Waals surface area contributed by atoms with Gasteiger partial charge in [0.2, 0.25) is 0 Å². The van der Waals surface area contributed by atoms with Gasteiger partial charge < -0.3 is 5.32 Å². The van der Waals surface area contributed by atoms with E-state index in [9.17, 15) is 8.42 Å². The van der Waals surface area contributed by atoms with Crippen molar-refractivity contribution in [3.63, 3.8) is 0 Å². The number of anilines is 2. The van der Waals surface area contributed by atoms with E-state index in [2.05, 4.69) is 15.3 Å². The second kappa shape index (κ2) is 6.00. The molecular weight excluding hydrogens is 309 g/mol. The normalized spacial score (nSPS) is 12.7.